The number of carboxylic acid groups (broad SMARTS) is 1. The Labute approximate surface area is 118 Å². The first-order valence-corrected chi connectivity index (χ1v) is 7.27. The summed E-state index contributed by atoms with van der Waals surface area (Å²) >= 11 is 1.20. The molecule has 0 spiro atoms. The van der Waals surface area contributed by atoms with Gasteiger partial charge in [0.25, 0.3) is 0 Å². The van der Waals surface area contributed by atoms with E-state index < -0.39 is 5.97 Å². The quantitative estimate of drug-likeness (QED) is 0.785. The average molecular weight is 285 g/mol. The lowest BCUT2D eigenvalue weighted by Crippen LogP contribution is -1.97. The molecule has 4 nitrogen and oxygen atoms in total. The number of para-hydroxylation sites is 1. The molecule has 0 bridgehead atoms. The van der Waals surface area contributed by atoms with E-state index in [4.69, 9.17) is 4.42 Å². The average Bonchev–Trinajstić information content (AvgIpc) is 3.04. The van der Waals surface area contributed by atoms with E-state index >= 15 is 0 Å². The molecule has 20 heavy (non-hydrogen) atoms. The number of furan rings is 1. The molecule has 3 aromatic rings. The number of rotatable bonds is 3. The summed E-state index contributed by atoms with van der Waals surface area (Å²) < 4.78 is 5.76. The maximum atomic E-state index is 11.3. The number of benzene rings is 1. The van der Waals surface area contributed by atoms with E-state index in [1.165, 1.54) is 11.3 Å². The van der Waals surface area contributed by atoms with Crippen LogP contribution in [0.25, 0.3) is 21.7 Å². The molecule has 1 aromatic carbocycles. The third-order valence-electron chi connectivity index (χ3n) is 3.45. The van der Waals surface area contributed by atoms with E-state index in [9.17, 15) is 9.90 Å². The van der Waals surface area contributed by atoms with Gasteiger partial charge >= 0.3 is 5.97 Å². The van der Waals surface area contributed by atoms with Gasteiger partial charge in [-0.3, -0.25) is 0 Å². The van der Waals surface area contributed by atoms with Crippen molar-refractivity contribution in [3.8, 4) is 10.8 Å². The normalized spacial score (nSPS) is 14.8. The minimum absolute atomic E-state index is 0.315. The molecule has 1 saturated carbocycles. The van der Waals surface area contributed by atoms with Crippen LogP contribution in [0.2, 0.25) is 0 Å². The molecule has 0 amide bonds. The van der Waals surface area contributed by atoms with Gasteiger partial charge in [-0.15, -0.1) is 11.3 Å². The molecule has 1 fully saturated rings. The number of nitrogens with zero attached hydrogens (tertiary/aromatic N) is 1. The number of aromatic nitrogens is 1. The monoisotopic (exact) mass is 285 g/mol. The molecule has 0 saturated heterocycles. The largest absolute Gasteiger partial charge is 0.477 e. The summed E-state index contributed by atoms with van der Waals surface area (Å²) in [7, 11) is 0. The van der Waals surface area contributed by atoms with E-state index in [1.807, 2.05) is 30.3 Å². The zero-order valence-corrected chi connectivity index (χ0v) is 11.3. The third-order valence-corrected chi connectivity index (χ3v) is 4.52. The maximum Gasteiger partial charge on any atom is 0.347 e. The molecule has 0 unspecified atom stereocenters. The summed E-state index contributed by atoms with van der Waals surface area (Å²) in [5.74, 6) is 0.0628. The van der Waals surface area contributed by atoms with Crippen LogP contribution in [0.15, 0.2) is 34.7 Å². The Morgan fingerprint density at radius 3 is 2.85 bits per heavy atom. The highest BCUT2D eigenvalue weighted by Gasteiger charge is 2.32. The van der Waals surface area contributed by atoms with Gasteiger partial charge in [0, 0.05) is 11.3 Å². The Kier molecular flexibility index (Phi) is 2.44. The minimum atomic E-state index is -0.897. The van der Waals surface area contributed by atoms with Crippen LogP contribution in [-0.4, -0.2) is 16.1 Å². The van der Waals surface area contributed by atoms with Crippen LogP contribution in [0.1, 0.15) is 34.1 Å². The van der Waals surface area contributed by atoms with Gasteiger partial charge in [0.2, 0.25) is 0 Å². The van der Waals surface area contributed by atoms with Crippen molar-refractivity contribution in [1.29, 1.82) is 0 Å². The highest BCUT2D eigenvalue weighted by Crippen LogP contribution is 2.44. The molecule has 0 atom stereocenters. The number of fused-ring (bicyclic) bond motifs is 1. The van der Waals surface area contributed by atoms with Gasteiger partial charge in [-0.1, -0.05) is 18.2 Å². The fraction of sp³-hybridized carbons (Fsp3) is 0.200. The molecule has 0 radical (unpaired) electrons. The standard InChI is InChI=1S/C15H11NO3S/c17-15(18)13-12(8-5-6-8)16-14(20-13)11-7-9-3-1-2-4-10(9)19-11/h1-4,7-8H,5-6H2,(H,17,18). The number of hydrogen-bond donors (Lipinski definition) is 1. The molecule has 5 heteroatoms. The van der Waals surface area contributed by atoms with Crippen LogP contribution >= 0.6 is 11.3 Å². The van der Waals surface area contributed by atoms with Gasteiger partial charge in [0.15, 0.2) is 10.8 Å². The van der Waals surface area contributed by atoms with Crippen molar-refractivity contribution >= 4 is 28.3 Å². The van der Waals surface area contributed by atoms with Crippen molar-refractivity contribution in [2.45, 2.75) is 18.8 Å². The van der Waals surface area contributed by atoms with Crippen LogP contribution in [0, 0.1) is 0 Å². The molecule has 1 aliphatic rings. The highest BCUT2D eigenvalue weighted by molar-refractivity contribution is 7.17. The van der Waals surface area contributed by atoms with Crippen molar-refractivity contribution in [3.05, 3.63) is 40.9 Å². The smallest absolute Gasteiger partial charge is 0.347 e. The van der Waals surface area contributed by atoms with Gasteiger partial charge in [0.1, 0.15) is 10.5 Å². The summed E-state index contributed by atoms with van der Waals surface area (Å²) in [5, 5.41) is 10.9. The third kappa shape index (κ3) is 1.82. The molecule has 0 aliphatic heterocycles. The maximum absolute atomic E-state index is 11.3. The zero-order chi connectivity index (χ0) is 13.7. The van der Waals surface area contributed by atoms with Crippen molar-refractivity contribution < 1.29 is 14.3 Å². The minimum Gasteiger partial charge on any atom is -0.477 e. The summed E-state index contributed by atoms with van der Waals surface area (Å²) in [6, 6.07) is 9.64. The fourth-order valence-electron chi connectivity index (χ4n) is 2.31. The fourth-order valence-corrected chi connectivity index (χ4v) is 3.25. The van der Waals surface area contributed by atoms with Crippen molar-refractivity contribution in [1.82, 2.24) is 4.98 Å². The predicted octanol–water partition coefficient (Wildman–Crippen LogP) is 4.13. The Morgan fingerprint density at radius 1 is 1.35 bits per heavy atom. The molecular formula is C15H11NO3S. The Morgan fingerprint density at radius 2 is 2.15 bits per heavy atom. The number of carbonyl (C=O) groups is 1. The van der Waals surface area contributed by atoms with Crippen LogP contribution in [-0.2, 0) is 0 Å². The van der Waals surface area contributed by atoms with E-state index in [0.29, 0.717) is 21.6 Å². The second-order valence-corrected chi connectivity index (χ2v) is 5.96. The topological polar surface area (TPSA) is 63.3 Å². The summed E-state index contributed by atoms with van der Waals surface area (Å²) in [5.41, 5.74) is 1.51. The van der Waals surface area contributed by atoms with Gasteiger partial charge in [-0.25, -0.2) is 9.78 Å². The zero-order valence-electron chi connectivity index (χ0n) is 10.5. The Hall–Kier alpha value is -2.14. The number of aromatic carboxylic acids is 1. The predicted molar refractivity (Wildman–Crippen MR) is 76.3 cm³/mol. The van der Waals surface area contributed by atoms with Gasteiger partial charge in [0.05, 0.1) is 5.69 Å². The second kappa shape index (κ2) is 4.18. The number of thiazole rings is 1. The van der Waals surface area contributed by atoms with E-state index in [-0.39, 0.29) is 0 Å². The van der Waals surface area contributed by atoms with Gasteiger partial charge < -0.3 is 9.52 Å². The molecule has 1 N–H and O–H groups in total. The molecule has 100 valence electrons. The van der Waals surface area contributed by atoms with E-state index in [0.717, 1.165) is 29.5 Å². The number of carboxylic acids is 1. The summed E-state index contributed by atoms with van der Waals surface area (Å²) in [6.45, 7) is 0. The number of hydrogen-bond acceptors (Lipinski definition) is 4. The lowest BCUT2D eigenvalue weighted by molar-refractivity contribution is 0.0700. The molecule has 2 aromatic heterocycles. The van der Waals surface area contributed by atoms with E-state index in [2.05, 4.69) is 4.98 Å². The molecule has 1 aliphatic carbocycles. The van der Waals surface area contributed by atoms with E-state index in [1.54, 1.807) is 0 Å². The molecule has 2 heterocycles. The van der Waals surface area contributed by atoms with Gasteiger partial charge in [-0.2, -0.15) is 0 Å². The van der Waals surface area contributed by atoms with Crippen molar-refractivity contribution in [2.24, 2.45) is 0 Å². The SMILES string of the molecule is O=C(O)c1sc(-c2cc3ccccc3o2)nc1C1CC1. The molecule has 4 rings (SSSR count). The first-order valence-electron chi connectivity index (χ1n) is 6.45. The Balaban J connectivity index is 1.85. The van der Waals surface area contributed by atoms with Crippen LogP contribution < -0.4 is 0 Å². The Bertz CT molecular complexity index is 781. The highest BCUT2D eigenvalue weighted by atomic mass is 32.1. The first kappa shape index (κ1) is 11.7. The summed E-state index contributed by atoms with van der Waals surface area (Å²) in [6.07, 6.45) is 2.06. The lowest BCUT2D eigenvalue weighted by Gasteiger charge is -1.91. The lowest BCUT2D eigenvalue weighted by atomic mass is 10.2. The van der Waals surface area contributed by atoms with Crippen LogP contribution in [0.5, 0.6) is 0 Å². The van der Waals surface area contributed by atoms with Crippen LogP contribution in [0.4, 0.5) is 0 Å². The van der Waals surface area contributed by atoms with Crippen molar-refractivity contribution in [3.63, 3.8) is 0 Å². The summed E-state index contributed by atoms with van der Waals surface area (Å²) in [4.78, 5) is 16.2. The first-order chi connectivity index (χ1) is 9.72. The van der Waals surface area contributed by atoms with Crippen molar-refractivity contribution in [2.75, 3.05) is 0 Å². The van der Waals surface area contributed by atoms with Crippen LogP contribution in [0.3, 0.4) is 0 Å². The van der Waals surface area contributed by atoms with Gasteiger partial charge in [-0.05, 0) is 25.0 Å². The second-order valence-electron chi connectivity index (χ2n) is 4.96. The molecular weight excluding hydrogens is 274 g/mol.